The molecule has 1 aromatic rings. The van der Waals surface area contributed by atoms with Crippen molar-refractivity contribution in [2.24, 2.45) is 5.92 Å². The maximum Gasteiger partial charge on any atom is 0.234 e. The van der Waals surface area contributed by atoms with E-state index in [2.05, 4.69) is 10.2 Å². The van der Waals surface area contributed by atoms with Gasteiger partial charge in [-0.15, -0.1) is 0 Å². The van der Waals surface area contributed by atoms with Crippen LogP contribution in [0, 0.1) is 5.92 Å². The fourth-order valence-corrected chi connectivity index (χ4v) is 4.54. The molecule has 4 nitrogen and oxygen atoms in total. The second-order valence-corrected chi connectivity index (χ2v) is 9.86. The van der Waals surface area contributed by atoms with Crippen LogP contribution in [0.2, 0.25) is 0 Å². The quantitative estimate of drug-likeness (QED) is 0.536. The number of nitrogens with one attached hydrogen (secondary N) is 1. The normalized spacial score (nSPS) is 24.9. The second kappa shape index (κ2) is 9.80. The molecule has 0 aromatic heterocycles. The summed E-state index contributed by atoms with van der Waals surface area (Å²) in [6, 6.07) is 10.0. The second-order valence-electron chi connectivity index (χ2n) is 7.49. The molecule has 0 radical (unpaired) electrons. The summed E-state index contributed by atoms with van der Waals surface area (Å²) in [6.45, 7) is 2.83. The molecule has 2 aliphatic heterocycles. The van der Waals surface area contributed by atoms with Crippen molar-refractivity contribution in [2.75, 3.05) is 19.7 Å². The molecule has 0 unspecified atom stereocenters. The third kappa shape index (κ3) is 6.23. The zero-order valence-corrected chi connectivity index (χ0v) is 17.6. The van der Waals surface area contributed by atoms with Gasteiger partial charge in [-0.25, -0.2) is 0 Å². The highest BCUT2D eigenvalue weighted by Gasteiger charge is 2.38. The molecular weight excluding hydrogens is 407 g/mol. The first-order valence-electron chi connectivity index (χ1n) is 9.69. The Bertz CT molecular complexity index is 607. The Balaban J connectivity index is 1.56. The highest BCUT2D eigenvalue weighted by atomic mass is 35.6. The fourth-order valence-electron chi connectivity index (χ4n) is 4.19. The molecule has 7 heteroatoms. The number of hydrogen-bond acceptors (Lipinski definition) is 3. The minimum Gasteiger partial charge on any atom is -0.354 e. The minimum absolute atomic E-state index is 0.222. The summed E-state index contributed by atoms with van der Waals surface area (Å²) in [5.74, 6) is 0.195. The Kier molecular flexibility index (Phi) is 7.69. The van der Waals surface area contributed by atoms with Gasteiger partial charge in [-0.3, -0.25) is 4.79 Å². The topological polar surface area (TPSA) is 41.6 Å². The van der Waals surface area contributed by atoms with E-state index in [4.69, 9.17) is 39.5 Å². The molecule has 0 spiro atoms. The van der Waals surface area contributed by atoms with Gasteiger partial charge in [0.1, 0.15) is 0 Å². The van der Waals surface area contributed by atoms with Crippen molar-refractivity contribution < 1.29 is 9.53 Å². The predicted molar refractivity (Wildman–Crippen MR) is 110 cm³/mol. The van der Waals surface area contributed by atoms with Gasteiger partial charge >= 0.3 is 0 Å². The monoisotopic (exact) mass is 432 g/mol. The average Bonchev–Trinajstić information content (AvgIpc) is 2.65. The number of piperidine rings is 2. The van der Waals surface area contributed by atoms with Crippen LogP contribution in [0.4, 0.5) is 0 Å². The van der Waals surface area contributed by atoms with Crippen molar-refractivity contribution in [1.82, 2.24) is 10.2 Å². The van der Waals surface area contributed by atoms with E-state index in [1.165, 1.54) is 38.8 Å². The molecule has 2 aliphatic rings. The van der Waals surface area contributed by atoms with Gasteiger partial charge in [0.15, 0.2) is 6.23 Å². The van der Waals surface area contributed by atoms with E-state index >= 15 is 0 Å². The van der Waals surface area contributed by atoms with E-state index in [9.17, 15) is 4.79 Å². The summed E-state index contributed by atoms with van der Waals surface area (Å²) < 4.78 is 4.23. The zero-order chi connectivity index (χ0) is 19.3. The SMILES string of the molecule is O=C(Cc1ccccc1)N[C@@H](OC[C@H]1CCCN2CCCC[C@H]12)C(Cl)(Cl)Cl. The van der Waals surface area contributed by atoms with Crippen molar-refractivity contribution in [3.63, 3.8) is 0 Å². The number of rotatable bonds is 6. The number of amides is 1. The molecule has 27 heavy (non-hydrogen) atoms. The summed E-state index contributed by atoms with van der Waals surface area (Å²) in [6.07, 6.45) is 5.29. The van der Waals surface area contributed by atoms with Crippen LogP contribution in [0.15, 0.2) is 30.3 Å². The molecule has 2 saturated heterocycles. The number of carbonyl (C=O) groups is 1. The molecule has 3 atom stereocenters. The van der Waals surface area contributed by atoms with Crippen molar-refractivity contribution in [3.8, 4) is 0 Å². The first kappa shape index (κ1) is 21.2. The first-order valence-corrected chi connectivity index (χ1v) is 10.8. The number of halogens is 3. The summed E-state index contributed by atoms with van der Waals surface area (Å²) in [5, 5.41) is 2.75. The van der Waals surface area contributed by atoms with E-state index in [-0.39, 0.29) is 12.3 Å². The Morgan fingerprint density at radius 2 is 1.89 bits per heavy atom. The van der Waals surface area contributed by atoms with Crippen LogP contribution in [0.25, 0.3) is 0 Å². The number of nitrogens with zero attached hydrogens (tertiary/aromatic N) is 1. The standard InChI is InChI=1S/C20H27Cl3N2O2/c21-20(22,23)19(24-18(26)13-15-7-2-1-3-8-15)27-14-16-9-6-12-25-11-5-4-10-17(16)25/h1-3,7-8,16-17,19H,4-6,9-14H2,(H,24,26)/t16-,17-,19+/m1/s1. The van der Waals surface area contributed by atoms with Crippen LogP contribution >= 0.6 is 34.8 Å². The van der Waals surface area contributed by atoms with Gasteiger partial charge in [0, 0.05) is 6.04 Å². The predicted octanol–water partition coefficient (Wildman–Crippen LogP) is 4.32. The van der Waals surface area contributed by atoms with Crippen LogP contribution in [0.1, 0.15) is 37.7 Å². The van der Waals surface area contributed by atoms with Crippen LogP contribution < -0.4 is 5.32 Å². The van der Waals surface area contributed by atoms with Gasteiger partial charge in [0.2, 0.25) is 9.70 Å². The van der Waals surface area contributed by atoms with E-state index in [1.54, 1.807) is 0 Å². The molecule has 0 aliphatic carbocycles. The molecule has 0 bridgehead atoms. The zero-order valence-electron chi connectivity index (χ0n) is 15.4. The molecule has 1 aromatic carbocycles. The van der Waals surface area contributed by atoms with Crippen molar-refractivity contribution in [1.29, 1.82) is 0 Å². The van der Waals surface area contributed by atoms with Gasteiger partial charge < -0.3 is 15.0 Å². The van der Waals surface area contributed by atoms with Crippen molar-refractivity contribution >= 4 is 40.7 Å². The smallest absolute Gasteiger partial charge is 0.234 e. The van der Waals surface area contributed by atoms with Crippen LogP contribution in [0.3, 0.4) is 0 Å². The number of hydrogen-bond donors (Lipinski definition) is 1. The highest BCUT2D eigenvalue weighted by Crippen LogP contribution is 2.34. The lowest BCUT2D eigenvalue weighted by molar-refractivity contribution is -0.125. The summed E-state index contributed by atoms with van der Waals surface area (Å²) >= 11 is 18.2. The van der Waals surface area contributed by atoms with Crippen molar-refractivity contribution in [2.45, 2.75) is 54.6 Å². The first-order chi connectivity index (χ1) is 12.9. The van der Waals surface area contributed by atoms with E-state index in [0.717, 1.165) is 12.0 Å². The van der Waals surface area contributed by atoms with E-state index < -0.39 is 10.0 Å². The summed E-state index contributed by atoms with van der Waals surface area (Å²) in [4.78, 5) is 14.9. The van der Waals surface area contributed by atoms with Crippen LogP contribution in [0.5, 0.6) is 0 Å². The van der Waals surface area contributed by atoms with Gasteiger partial charge in [-0.2, -0.15) is 0 Å². The van der Waals surface area contributed by atoms with Crippen LogP contribution in [-0.4, -0.2) is 46.6 Å². The molecule has 1 amide bonds. The lowest BCUT2D eigenvalue weighted by Crippen LogP contribution is -2.51. The molecule has 2 fully saturated rings. The minimum atomic E-state index is -1.72. The van der Waals surface area contributed by atoms with Gasteiger partial charge in [0.05, 0.1) is 13.0 Å². The maximum absolute atomic E-state index is 12.4. The molecule has 0 saturated carbocycles. The Labute approximate surface area is 176 Å². The third-order valence-corrected chi connectivity index (χ3v) is 6.10. The van der Waals surface area contributed by atoms with Gasteiger partial charge in [0.25, 0.3) is 0 Å². The molecule has 1 N–H and O–H groups in total. The van der Waals surface area contributed by atoms with Crippen LogP contribution in [-0.2, 0) is 16.0 Å². The molecule has 150 valence electrons. The van der Waals surface area contributed by atoms with E-state index in [0.29, 0.717) is 18.6 Å². The number of benzene rings is 1. The fraction of sp³-hybridized carbons (Fsp3) is 0.650. The average molecular weight is 434 g/mol. The summed E-state index contributed by atoms with van der Waals surface area (Å²) in [5.41, 5.74) is 0.906. The Morgan fingerprint density at radius 1 is 1.15 bits per heavy atom. The molecule has 3 rings (SSSR count). The van der Waals surface area contributed by atoms with E-state index in [1.807, 2.05) is 30.3 Å². The van der Waals surface area contributed by atoms with Gasteiger partial charge in [-0.1, -0.05) is 71.6 Å². The largest absolute Gasteiger partial charge is 0.354 e. The number of ether oxygens (including phenoxy) is 1. The lowest BCUT2D eigenvalue weighted by atomic mass is 9.84. The Morgan fingerprint density at radius 3 is 2.63 bits per heavy atom. The number of alkyl halides is 3. The lowest BCUT2D eigenvalue weighted by Gasteiger charge is -2.44. The summed E-state index contributed by atoms with van der Waals surface area (Å²) in [7, 11) is 0. The highest BCUT2D eigenvalue weighted by molar-refractivity contribution is 6.68. The van der Waals surface area contributed by atoms with Gasteiger partial charge in [-0.05, 0) is 50.3 Å². The molecular formula is C20H27Cl3N2O2. The molecule has 2 heterocycles. The number of carbonyl (C=O) groups excluding carboxylic acids is 1. The number of fused-ring (bicyclic) bond motifs is 1. The third-order valence-electron chi connectivity index (χ3n) is 5.50. The maximum atomic E-state index is 12.4. The Hall–Kier alpha value is -0.520. The van der Waals surface area contributed by atoms with Crippen molar-refractivity contribution in [3.05, 3.63) is 35.9 Å².